The fraction of sp³-hybridized carbons (Fsp3) is 0.352. The average molecular weight is 2200 g/mol. The number of rotatable bonds is 14. The van der Waals surface area contributed by atoms with E-state index in [0.717, 1.165) is 131 Å². The molecule has 144 heavy (non-hydrogen) atoms. The quantitative estimate of drug-likeness (QED) is 0.0394. The number of ether oxygens (including phenoxy) is 6. The molecular formula is C108H119B2Br2F2IN12O17. The minimum absolute atomic E-state index is 0.0383. The minimum atomic E-state index is -0.543. The number of nitrogens with two attached hydrogens (primary N) is 2. The lowest BCUT2D eigenvalue weighted by Gasteiger charge is -2.32. The first kappa shape index (κ1) is 109. The Labute approximate surface area is 866 Å². The Bertz CT molecular complexity index is 7120. The lowest BCUT2D eigenvalue weighted by atomic mass is 9.75. The molecule has 0 unspecified atom stereocenters. The van der Waals surface area contributed by atoms with Gasteiger partial charge in [-0.15, -0.1) is 0 Å². The van der Waals surface area contributed by atoms with Crippen molar-refractivity contribution in [1.29, 1.82) is 0 Å². The SMILES string of the molecule is COC(=O)C[C@@H]1COc2cc(O[C@@H]3CCc4c(-c5c(C)cc(-c6cnc(=O)n(C)c6)cc5C)ccc(F)c43)ccc21.COC(=O)C[C@@H]1COc2cc(O[C@@H]3CCc4c(B5OC(C)(C)C(C)(C)O5)ccc(F)c43)ccc21.Cc1cc(-c2cnc(=O)n(C)c2)cc(C)c1I.Cc1cc(-c2cnc(=O)n(C)c2)cc(C)c1N.Cc1cc(B2OC(C)(C)C(C)(C)O2)cc(C)c1N.Cn1cc(Br)cnc1=O.O=c1ncc(Br)c[nH]1. The van der Waals surface area contributed by atoms with Crippen LogP contribution in [0.25, 0.3) is 44.5 Å². The van der Waals surface area contributed by atoms with Gasteiger partial charge in [0.1, 0.15) is 46.8 Å². The molecule has 9 heterocycles. The minimum Gasteiger partial charge on any atom is -0.492 e. The molecule has 0 amide bonds. The summed E-state index contributed by atoms with van der Waals surface area (Å²) in [5.41, 5.74) is 34.2. The lowest BCUT2D eigenvalue weighted by molar-refractivity contribution is -0.142. The number of aromatic amines is 1. The standard InChI is InChI=1S/C33H31FN2O5.C26H30BFO6.C14H22BNO2.C13H13IN2O.C13H15N3O.C5H5BrN2O.C4H3BrN2O/c1-18-11-20(22-15-35-33(38)36(3)16-22)12-19(2)31(18)25-7-9-27(34)32-26(25)8-10-28(32)41-23-5-6-24-21(13-30(37)39-4)17-40-29(24)14-23;1-25(2)26(3,4)34-27(33-25)19-9-10-20(28)24-18(19)8-11-21(24)32-16-6-7-17-15(12-23(29)30-5)14-31-22(17)13-16;1-9-7-11(8-10(2)12(9)16)15-17-13(3,4)14(5,6)18-15;2*1-8-4-10(5-9(2)12(8)14)11-6-15-13(17)16(3)7-11;1-8-3-4(6)2-7-5(8)9;5-3-1-6-4(8)7-2-3/h5-7,9,11-12,14-16,21,28H,8,10,13,17H2,1-4H3;6-7,9-10,13,15,21H,8,11-12,14H2,1-5H3;7-8H,16H2,1-6H3;4-7H,1-3H3;4-7H,14H2,1-3H3;2-3H,1H3;1-2H,(H,6,7,8)/t21-,28-;15-,21-;;;;;/m11...../s1. The third kappa shape index (κ3) is 25.1. The zero-order valence-corrected chi connectivity index (χ0v) is 90.1. The number of nitrogen functional groups attached to an aromatic ring is 2. The van der Waals surface area contributed by atoms with Gasteiger partial charge in [-0.2, -0.15) is 0 Å². The molecule has 754 valence electrons. The first-order valence-corrected chi connectivity index (χ1v) is 49.5. The number of H-pyrrole nitrogens is 1. The molecule has 4 aliphatic heterocycles. The van der Waals surface area contributed by atoms with E-state index in [4.69, 9.17) is 58.5 Å². The maximum atomic E-state index is 15.3. The largest absolute Gasteiger partial charge is 0.495 e. The number of nitrogens with one attached hydrogen (secondary N) is 1. The summed E-state index contributed by atoms with van der Waals surface area (Å²) >= 11 is 8.63. The number of aromatic nitrogens is 10. The van der Waals surface area contributed by atoms with E-state index in [-0.39, 0.29) is 95.0 Å². The Morgan fingerprint density at radius 3 is 1.22 bits per heavy atom. The van der Waals surface area contributed by atoms with E-state index in [1.165, 1.54) is 77.9 Å². The number of carbonyl (C=O) groups is 2. The van der Waals surface area contributed by atoms with E-state index in [1.54, 1.807) is 71.4 Å². The van der Waals surface area contributed by atoms with Crippen LogP contribution in [0.4, 0.5) is 20.2 Å². The van der Waals surface area contributed by atoms with Crippen molar-refractivity contribution in [3.63, 3.8) is 0 Å². The topological polar surface area (TPSA) is 364 Å². The summed E-state index contributed by atoms with van der Waals surface area (Å²) in [5.74, 6) is 1.40. The molecule has 29 nitrogen and oxygen atoms in total. The van der Waals surface area contributed by atoms with Gasteiger partial charge in [0.2, 0.25) is 0 Å². The predicted molar refractivity (Wildman–Crippen MR) is 570 cm³/mol. The van der Waals surface area contributed by atoms with Crippen LogP contribution in [-0.4, -0.2) is 124 Å². The molecule has 2 fully saturated rings. The van der Waals surface area contributed by atoms with E-state index < -0.39 is 30.5 Å². The number of fused-ring (bicyclic) bond motifs is 4. The van der Waals surface area contributed by atoms with Gasteiger partial charge in [0, 0.05) is 168 Å². The Morgan fingerprint density at radius 2 is 0.833 bits per heavy atom. The monoisotopic (exact) mass is 2200 g/mol. The number of aryl methyl sites for hydroxylation is 12. The maximum Gasteiger partial charge on any atom is 0.495 e. The van der Waals surface area contributed by atoms with Crippen molar-refractivity contribution in [3.05, 3.63) is 326 Å². The van der Waals surface area contributed by atoms with Crippen LogP contribution in [0.5, 0.6) is 23.0 Å². The van der Waals surface area contributed by atoms with Gasteiger partial charge in [-0.25, -0.2) is 57.7 Å². The molecule has 0 spiro atoms. The van der Waals surface area contributed by atoms with Crippen LogP contribution in [0.15, 0.2) is 204 Å². The van der Waals surface area contributed by atoms with E-state index in [9.17, 15) is 33.6 Å². The fourth-order valence-corrected chi connectivity index (χ4v) is 18.6. The summed E-state index contributed by atoms with van der Waals surface area (Å²) < 4.78 is 97.4. The highest BCUT2D eigenvalue weighted by atomic mass is 127. The van der Waals surface area contributed by atoms with Crippen LogP contribution >= 0.6 is 54.5 Å². The number of hydrogen-bond acceptors (Lipinski definition) is 24. The molecule has 0 saturated carbocycles. The van der Waals surface area contributed by atoms with Gasteiger partial charge in [-0.1, -0.05) is 60.7 Å². The van der Waals surface area contributed by atoms with Gasteiger partial charge in [0.25, 0.3) is 0 Å². The van der Waals surface area contributed by atoms with Crippen LogP contribution in [0.3, 0.4) is 0 Å². The second kappa shape index (κ2) is 45.4. The first-order valence-electron chi connectivity index (χ1n) is 46.9. The summed E-state index contributed by atoms with van der Waals surface area (Å²) in [6.45, 7) is 33.4. The molecule has 8 aromatic carbocycles. The molecule has 6 aliphatic rings. The van der Waals surface area contributed by atoms with Crippen molar-refractivity contribution in [2.75, 3.05) is 38.9 Å². The van der Waals surface area contributed by atoms with Crippen LogP contribution in [0.1, 0.15) is 183 Å². The van der Waals surface area contributed by atoms with Gasteiger partial charge >= 0.3 is 54.6 Å². The molecular weight excluding hydrogens is 2080 g/mol. The average Bonchev–Trinajstić information content (AvgIpc) is 1.61. The van der Waals surface area contributed by atoms with E-state index >= 15 is 8.78 Å². The van der Waals surface area contributed by atoms with Gasteiger partial charge in [-0.05, 0) is 322 Å². The van der Waals surface area contributed by atoms with Crippen molar-refractivity contribution >= 4 is 103 Å². The molecule has 5 aromatic heterocycles. The Kier molecular flexibility index (Phi) is 34.2. The van der Waals surface area contributed by atoms with Gasteiger partial charge in [0.05, 0.1) is 71.6 Å². The fourth-order valence-electron chi connectivity index (χ4n) is 17.7. The smallest absolute Gasteiger partial charge is 0.492 e. The highest BCUT2D eigenvalue weighted by Gasteiger charge is 2.54. The van der Waals surface area contributed by atoms with Crippen molar-refractivity contribution in [3.8, 4) is 67.5 Å². The predicted octanol–water partition coefficient (Wildman–Crippen LogP) is 17.8. The molecule has 19 rings (SSSR count). The summed E-state index contributed by atoms with van der Waals surface area (Å²) in [5, 5.41) is 0. The lowest BCUT2D eigenvalue weighted by Crippen LogP contribution is -2.41. The number of benzene rings is 8. The van der Waals surface area contributed by atoms with Crippen molar-refractivity contribution < 1.29 is 65.4 Å². The van der Waals surface area contributed by atoms with E-state index in [2.05, 4.69) is 164 Å². The number of halogens is 5. The maximum absolute atomic E-state index is 15.3. The molecule has 13 aromatic rings. The van der Waals surface area contributed by atoms with Gasteiger partial charge in [0.15, 0.2) is 0 Å². The zero-order valence-electron chi connectivity index (χ0n) is 84.8. The number of anilines is 2. The molecule has 2 aliphatic carbocycles. The van der Waals surface area contributed by atoms with Crippen molar-refractivity contribution in [2.45, 2.75) is 196 Å². The molecule has 0 radical (unpaired) electrons. The summed E-state index contributed by atoms with van der Waals surface area (Å²) in [7, 11) is 8.65. The van der Waals surface area contributed by atoms with Crippen LogP contribution in [-0.2, 0) is 78.7 Å². The first-order chi connectivity index (χ1) is 67.9. The summed E-state index contributed by atoms with van der Waals surface area (Å²) in [6, 6.07) is 34.3. The van der Waals surface area contributed by atoms with Crippen molar-refractivity contribution in [2.24, 2.45) is 28.2 Å². The number of carbonyl (C=O) groups excluding carboxylic acids is 2. The van der Waals surface area contributed by atoms with E-state index in [1.807, 2.05) is 128 Å². The van der Waals surface area contributed by atoms with Crippen LogP contribution in [0.2, 0.25) is 0 Å². The Balaban J connectivity index is 0.000000151. The number of hydrogen-bond donors (Lipinski definition) is 3. The van der Waals surface area contributed by atoms with E-state index in [0.29, 0.717) is 73.0 Å². The third-order valence-corrected chi connectivity index (χ3v) is 29.6. The second-order valence-corrected chi connectivity index (χ2v) is 41.5. The molecule has 2 saturated heterocycles. The highest BCUT2D eigenvalue weighted by Crippen LogP contribution is 2.48. The molecule has 4 atom stereocenters. The van der Waals surface area contributed by atoms with Gasteiger partial charge < -0.3 is 81.8 Å². The molecule has 36 heteroatoms. The zero-order chi connectivity index (χ0) is 105. The number of methoxy groups -OCH3 is 2. The summed E-state index contributed by atoms with van der Waals surface area (Å²) in [6.07, 6.45) is 18.7. The van der Waals surface area contributed by atoms with Crippen LogP contribution in [0, 0.1) is 70.6 Å². The summed E-state index contributed by atoms with van der Waals surface area (Å²) in [4.78, 5) is 99.4. The Hall–Kier alpha value is -12.6. The molecule has 0 bridgehead atoms. The highest BCUT2D eigenvalue weighted by molar-refractivity contribution is 14.1. The normalized spacial score (nSPS) is 16.8. The Morgan fingerprint density at radius 1 is 0.465 bits per heavy atom. The third-order valence-electron chi connectivity index (χ3n) is 27.1. The molecule has 5 N–H and O–H groups in total. The van der Waals surface area contributed by atoms with Crippen LogP contribution < -0.4 is 69.8 Å². The van der Waals surface area contributed by atoms with Crippen molar-refractivity contribution in [1.82, 2.24) is 48.2 Å². The second-order valence-electron chi connectivity index (χ2n) is 38.6. The number of nitrogens with zero attached hydrogens (tertiary/aromatic N) is 9. The number of esters is 2. The van der Waals surface area contributed by atoms with Gasteiger partial charge in [-0.3, -0.25) is 9.59 Å².